The highest BCUT2D eigenvalue weighted by atomic mass is 32.2. The first-order valence-corrected chi connectivity index (χ1v) is 13.6. The van der Waals surface area contributed by atoms with E-state index in [4.69, 9.17) is 19.8 Å². The number of anilines is 1. The lowest BCUT2D eigenvalue weighted by Crippen LogP contribution is -2.30. The molecule has 2 aromatic heterocycles. The summed E-state index contributed by atoms with van der Waals surface area (Å²) in [6.07, 6.45) is 2.39. The van der Waals surface area contributed by atoms with Crippen molar-refractivity contribution in [2.75, 3.05) is 12.4 Å². The lowest BCUT2D eigenvalue weighted by Gasteiger charge is -2.16. The monoisotopic (exact) mass is 519 g/mol. The molecule has 1 aliphatic rings. The first-order valence-electron chi connectivity index (χ1n) is 12.7. The van der Waals surface area contributed by atoms with Gasteiger partial charge in [-0.05, 0) is 56.9 Å². The van der Waals surface area contributed by atoms with Crippen LogP contribution in [0.25, 0.3) is 16.6 Å². The molecular formula is C27H33N7O2S. The van der Waals surface area contributed by atoms with E-state index in [2.05, 4.69) is 30.0 Å². The summed E-state index contributed by atoms with van der Waals surface area (Å²) in [5, 5.41) is 9.13. The average Bonchev–Trinajstić information content (AvgIpc) is 3.48. The number of aromatic nitrogens is 4. The Labute approximate surface area is 220 Å². The molecule has 10 heteroatoms. The van der Waals surface area contributed by atoms with Crippen LogP contribution in [0.5, 0.6) is 5.75 Å². The predicted molar refractivity (Wildman–Crippen MR) is 147 cm³/mol. The van der Waals surface area contributed by atoms with Crippen LogP contribution in [0.1, 0.15) is 39.4 Å². The van der Waals surface area contributed by atoms with Gasteiger partial charge < -0.3 is 10.1 Å². The number of methoxy groups -OCH3 is 1. The number of amides is 1. The smallest absolute Gasteiger partial charge is 0.237 e. The fraction of sp³-hybridized carbons (Fsp3) is 0.407. The molecular weight excluding hydrogens is 486 g/mol. The van der Waals surface area contributed by atoms with E-state index < -0.39 is 0 Å². The molecule has 3 heterocycles. The van der Waals surface area contributed by atoms with Crippen molar-refractivity contribution in [3.05, 3.63) is 54.4 Å². The van der Waals surface area contributed by atoms with Gasteiger partial charge in [-0.1, -0.05) is 36.9 Å². The van der Waals surface area contributed by atoms with Crippen molar-refractivity contribution in [3.63, 3.8) is 0 Å². The molecule has 3 unspecified atom stereocenters. The largest absolute Gasteiger partial charge is 0.497 e. The Morgan fingerprint density at radius 3 is 2.68 bits per heavy atom. The molecule has 3 N–H and O–H groups in total. The molecule has 1 aliphatic heterocycles. The summed E-state index contributed by atoms with van der Waals surface area (Å²) in [6.45, 7) is 6.40. The highest BCUT2D eigenvalue weighted by Crippen LogP contribution is 2.30. The van der Waals surface area contributed by atoms with Crippen molar-refractivity contribution in [3.8, 4) is 5.75 Å². The zero-order valence-electron chi connectivity index (χ0n) is 21.6. The quantitative estimate of drug-likeness (QED) is 0.223. The van der Waals surface area contributed by atoms with Crippen LogP contribution in [0.15, 0.2) is 53.7 Å². The predicted octanol–water partition coefficient (Wildman–Crippen LogP) is 4.23. The number of hydrazine groups is 1. The summed E-state index contributed by atoms with van der Waals surface area (Å²) < 4.78 is 7.09. The minimum Gasteiger partial charge on any atom is -0.497 e. The summed E-state index contributed by atoms with van der Waals surface area (Å²) >= 11 is 1.41. The van der Waals surface area contributed by atoms with Gasteiger partial charge in [0.15, 0.2) is 16.6 Å². The van der Waals surface area contributed by atoms with Gasteiger partial charge in [-0.3, -0.25) is 15.6 Å². The van der Waals surface area contributed by atoms with Crippen molar-refractivity contribution in [1.29, 1.82) is 0 Å². The highest BCUT2D eigenvalue weighted by molar-refractivity contribution is 8.00. The summed E-state index contributed by atoms with van der Waals surface area (Å²) in [5.41, 5.74) is 8.96. The topological polar surface area (TPSA) is 105 Å². The molecule has 0 spiro atoms. The minimum absolute atomic E-state index is 0.0894. The molecule has 2 aromatic carbocycles. The zero-order valence-corrected chi connectivity index (χ0v) is 22.4. The van der Waals surface area contributed by atoms with Crippen LogP contribution in [-0.2, 0) is 11.2 Å². The van der Waals surface area contributed by atoms with E-state index in [1.807, 2.05) is 60.0 Å². The molecule has 1 amide bonds. The second-order valence-corrected chi connectivity index (χ2v) is 10.6. The Bertz CT molecular complexity index is 1400. The van der Waals surface area contributed by atoms with Gasteiger partial charge >= 0.3 is 0 Å². The zero-order chi connectivity index (χ0) is 25.9. The third-order valence-electron chi connectivity index (χ3n) is 6.97. The number of carbonyl (C=O) groups is 1. The van der Waals surface area contributed by atoms with Crippen LogP contribution in [0, 0.1) is 5.92 Å². The maximum Gasteiger partial charge on any atom is 0.237 e. The molecule has 1 fully saturated rings. The Morgan fingerprint density at radius 2 is 1.92 bits per heavy atom. The Balaban J connectivity index is 1.42. The lowest BCUT2D eigenvalue weighted by atomic mass is 9.91. The van der Waals surface area contributed by atoms with Crippen LogP contribution < -0.4 is 20.9 Å². The van der Waals surface area contributed by atoms with Gasteiger partial charge in [0.25, 0.3) is 0 Å². The molecule has 3 atom stereocenters. The van der Waals surface area contributed by atoms with Crippen molar-refractivity contribution in [2.45, 2.75) is 62.5 Å². The van der Waals surface area contributed by atoms with Gasteiger partial charge in [0.2, 0.25) is 5.91 Å². The van der Waals surface area contributed by atoms with Gasteiger partial charge in [0.1, 0.15) is 5.75 Å². The van der Waals surface area contributed by atoms with E-state index in [0.29, 0.717) is 41.0 Å². The second-order valence-electron chi connectivity index (χ2n) is 9.48. The van der Waals surface area contributed by atoms with Crippen molar-refractivity contribution < 1.29 is 9.53 Å². The number of nitrogens with zero attached hydrogens (tertiary/aromatic N) is 4. The van der Waals surface area contributed by atoms with E-state index in [1.165, 1.54) is 11.8 Å². The van der Waals surface area contributed by atoms with Gasteiger partial charge in [0.05, 0.1) is 17.9 Å². The van der Waals surface area contributed by atoms with E-state index in [0.717, 1.165) is 35.2 Å². The standard InChI is InChI=1S/C27H33N7O2S/c1-5-23(26(35)28-18-9-8-10-19(15-18)36-4)37-27-29-22-12-7-6-11-21(22)25-30-24(33-34(25)27)14-13-20-16(2)31-32-17(20)3/h6-12,15-17,20,23,31-32H,5,13-14H2,1-4H3,(H,28,35). The summed E-state index contributed by atoms with van der Waals surface area (Å²) in [7, 11) is 1.61. The Hall–Kier alpha value is -3.21. The maximum atomic E-state index is 13.2. The van der Waals surface area contributed by atoms with Crippen LogP contribution >= 0.6 is 11.8 Å². The molecule has 1 saturated heterocycles. The SMILES string of the molecule is CCC(Sc1nc2ccccc2c2nc(CCC3C(C)NNC3C)nn12)C(=O)Nc1cccc(OC)c1. The highest BCUT2D eigenvalue weighted by Gasteiger charge is 2.30. The molecule has 4 aromatic rings. The van der Waals surface area contributed by atoms with E-state index in [-0.39, 0.29) is 11.2 Å². The van der Waals surface area contributed by atoms with Gasteiger partial charge in [0, 0.05) is 35.6 Å². The molecule has 37 heavy (non-hydrogen) atoms. The number of fused-ring (bicyclic) bond motifs is 3. The van der Waals surface area contributed by atoms with Crippen LogP contribution in [0.3, 0.4) is 0 Å². The number of thioether (sulfide) groups is 1. The molecule has 194 valence electrons. The van der Waals surface area contributed by atoms with Gasteiger partial charge in [-0.15, -0.1) is 5.10 Å². The second kappa shape index (κ2) is 11.0. The number of para-hydroxylation sites is 1. The van der Waals surface area contributed by atoms with E-state index in [1.54, 1.807) is 7.11 Å². The normalized spacial score (nSPS) is 20.4. The molecule has 0 radical (unpaired) electrons. The van der Waals surface area contributed by atoms with Crippen LogP contribution in [0.2, 0.25) is 0 Å². The van der Waals surface area contributed by atoms with Crippen LogP contribution in [0.4, 0.5) is 5.69 Å². The third kappa shape index (κ3) is 5.41. The lowest BCUT2D eigenvalue weighted by molar-refractivity contribution is -0.115. The number of carbonyl (C=O) groups excluding carboxylic acids is 1. The first-order chi connectivity index (χ1) is 18.0. The van der Waals surface area contributed by atoms with E-state index in [9.17, 15) is 4.79 Å². The molecule has 5 rings (SSSR count). The van der Waals surface area contributed by atoms with Gasteiger partial charge in [-0.25, -0.2) is 9.97 Å². The number of benzene rings is 2. The van der Waals surface area contributed by atoms with Crippen molar-refractivity contribution >= 4 is 39.9 Å². The van der Waals surface area contributed by atoms with E-state index >= 15 is 0 Å². The number of ether oxygens (including phenoxy) is 1. The fourth-order valence-corrected chi connectivity index (χ4v) is 5.80. The minimum atomic E-state index is -0.354. The number of hydrogen-bond donors (Lipinski definition) is 3. The molecule has 0 aliphatic carbocycles. The van der Waals surface area contributed by atoms with Crippen LogP contribution in [-0.4, -0.2) is 49.9 Å². The molecule has 9 nitrogen and oxygen atoms in total. The molecule has 0 bridgehead atoms. The molecule has 0 saturated carbocycles. The maximum absolute atomic E-state index is 13.2. The fourth-order valence-electron chi connectivity index (χ4n) is 4.83. The van der Waals surface area contributed by atoms with Gasteiger partial charge in [-0.2, -0.15) is 4.52 Å². The number of rotatable bonds is 9. The van der Waals surface area contributed by atoms with Crippen molar-refractivity contribution in [1.82, 2.24) is 30.4 Å². The Morgan fingerprint density at radius 1 is 1.14 bits per heavy atom. The Kier molecular flexibility index (Phi) is 7.59. The number of hydrogen-bond acceptors (Lipinski definition) is 8. The summed E-state index contributed by atoms with van der Waals surface area (Å²) in [5.74, 6) is 1.90. The third-order valence-corrected chi connectivity index (χ3v) is 8.27. The summed E-state index contributed by atoms with van der Waals surface area (Å²) in [4.78, 5) is 23.0. The van der Waals surface area contributed by atoms with Crippen molar-refractivity contribution in [2.24, 2.45) is 5.92 Å². The summed E-state index contributed by atoms with van der Waals surface area (Å²) in [6, 6.07) is 16.1. The number of aryl methyl sites for hydroxylation is 1. The number of nitrogens with one attached hydrogen (secondary N) is 3. The first kappa shape index (κ1) is 25.4. The average molecular weight is 520 g/mol.